The number of nitrogens with zero attached hydrogens (tertiary/aromatic N) is 2. The Bertz CT molecular complexity index is 693. The Morgan fingerprint density at radius 3 is 2.37 bits per heavy atom. The van der Waals surface area contributed by atoms with Crippen LogP contribution in [0.2, 0.25) is 0 Å². The van der Waals surface area contributed by atoms with Crippen LogP contribution in [-0.4, -0.2) is 43.0 Å². The third-order valence-corrected chi connectivity index (χ3v) is 4.36. The minimum atomic E-state index is -0.370. The fourth-order valence-electron chi connectivity index (χ4n) is 2.77. The normalized spacial score (nSPS) is 12.7. The Morgan fingerprint density at radius 1 is 1.07 bits per heavy atom. The molecule has 0 aliphatic rings. The van der Waals surface area contributed by atoms with Crippen molar-refractivity contribution in [1.29, 1.82) is 0 Å². The predicted octanol–water partition coefficient (Wildman–Crippen LogP) is 4.42. The Morgan fingerprint density at radius 2 is 1.74 bits per heavy atom. The van der Waals surface area contributed by atoms with E-state index in [0.29, 0.717) is 19.1 Å². The number of aliphatic hydroxyl groups excluding tert-OH is 1. The van der Waals surface area contributed by atoms with Gasteiger partial charge in [0.1, 0.15) is 0 Å². The minimum Gasteiger partial charge on any atom is -0.391 e. The molecule has 0 radical (unpaired) electrons. The maximum atomic E-state index is 9.83. The van der Waals surface area contributed by atoms with Crippen molar-refractivity contribution < 1.29 is 9.84 Å². The van der Waals surface area contributed by atoms with E-state index in [4.69, 9.17) is 4.74 Å². The first kappa shape index (κ1) is 21.1. The fraction of sp³-hybridized carbons (Fsp3) is 0.435. The first-order valence-electron chi connectivity index (χ1n) is 9.62. The van der Waals surface area contributed by atoms with E-state index in [1.807, 2.05) is 19.2 Å². The molecule has 1 N–H and O–H groups in total. The van der Waals surface area contributed by atoms with Crippen LogP contribution < -0.4 is 4.90 Å². The second-order valence-electron chi connectivity index (χ2n) is 7.44. The molecule has 27 heavy (non-hydrogen) atoms. The molecule has 0 aliphatic carbocycles. The van der Waals surface area contributed by atoms with E-state index in [0.717, 1.165) is 35.5 Å². The summed E-state index contributed by atoms with van der Waals surface area (Å²) in [6.45, 7) is 8.00. The zero-order valence-electron chi connectivity index (χ0n) is 16.9. The lowest BCUT2D eigenvalue weighted by Crippen LogP contribution is -2.25. The average Bonchev–Trinajstić information content (AvgIpc) is 2.64. The van der Waals surface area contributed by atoms with E-state index in [-0.39, 0.29) is 6.10 Å². The number of hydrogen-bond acceptors (Lipinski definition) is 4. The maximum Gasteiger partial charge on any atom is 0.0776 e. The third-order valence-electron chi connectivity index (χ3n) is 4.36. The summed E-state index contributed by atoms with van der Waals surface area (Å²) in [7, 11) is 2.05. The van der Waals surface area contributed by atoms with Gasteiger partial charge in [-0.2, -0.15) is 0 Å². The van der Waals surface area contributed by atoms with Crippen LogP contribution in [0.25, 0.3) is 12.2 Å². The number of anilines is 1. The monoisotopic (exact) mass is 368 g/mol. The zero-order valence-corrected chi connectivity index (χ0v) is 16.9. The van der Waals surface area contributed by atoms with E-state index in [9.17, 15) is 5.11 Å². The quantitative estimate of drug-likeness (QED) is 0.631. The van der Waals surface area contributed by atoms with Crippen LogP contribution in [0.4, 0.5) is 5.69 Å². The molecular formula is C23H32N2O2. The van der Waals surface area contributed by atoms with E-state index >= 15 is 0 Å². The molecule has 1 aromatic heterocycles. The van der Waals surface area contributed by atoms with Gasteiger partial charge in [-0.25, -0.2) is 0 Å². The summed E-state index contributed by atoms with van der Waals surface area (Å²) in [5, 5.41) is 9.83. The Balaban J connectivity index is 1.77. The van der Waals surface area contributed by atoms with Gasteiger partial charge in [0, 0.05) is 31.2 Å². The Hall–Kier alpha value is -2.17. The van der Waals surface area contributed by atoms with E-state index in [1.54, 1.807) is 0 Å². The lowest BCUT2D eigenvalue weighted by molar-refractivity contribution is 0.0293. The number of benzene rings is 1. The van der Waals surface area contributed by atoms with Crippen molar-refractivity contribution in [3.05, 3.63) is 59.4 Å². The molecule has 4 nitrogen and oxygen atoms in total. The van der Waals surface area contributed by atoms with Gasteiger partial charge in [0.25, 0.3) is 0 Å². The minimum absolute atomic E-state index is 0.370. The van der Waals surface area contributed by atoms with Crippen molar-refractivity contribution in [2.45, 2.75) is 33.3 Å². The molecule has 4 heteroatoms. The molecule has 2 aromatic rings. The fourth-order valence-corrected chi connectivity index (χ4v) is 2.77. The molecule has 0 aliphatic heterocycles. The summed E-state index contributed by atoms with van der Waals surface area (Å²) in [5.74, 6) is 0.487. The van der Waals surface area contributed by atoms with Crippen molar-refractivity contribution in [2.24, 2.45) is 5.92 Å². The zero-order chi connectivity index (χ0) is 19.6. The number of aromatic nitrogens is 1. The molecule has 0 spiro atoms. The first-order valence-corrected chi connectivity index (χ1v) is 9.62. The van der Waals surface area contributed by atoms with Gasteiger partial charge in [0.05, 0.1) is 19.3 Å². The van der Waals surface area contributed by atoms with Crippen LogP contribution in [0.15, 0.2) is 42.6 Å². The topological polar surface area (TPSA) is 45.6 Å². The summed E-state index contributed by atoms with van der Waals surface area (Å²) >= 11 is 0. The molecule has 1 heterocycles. The van der Waals surface area contributed by atoms with Crippen LogP contribution >= 0.6 is 0 Å². The summed E-state index contributed by atoms with van der Waals surface area (Å²) < 4.78 is 5.60. The average molecular weight is 369 g/mol. The van der Waals surface area contributed by atoms with Gasteiger partial charge < -0.3 is 14.7 Å². The largest absolute Gasteiger partial charge is 0.391 e. The van der Waals surface area contributed by atoms with Gasteiger partial charge in [-0.05, 0) is 48.6 Å². The second kappa shape index (κ2) is 10.9. The molecule has 0 amide bonds. The van der Waals surface area contributed by atoms with Crippen molar-refractivity contribution >= 4 is 17.8 Å². The van der Waals surface area contributed by atoms with Crippen molar-refractivity contribution in [3.63, 3.8) is 0 Å². The predicted molar refractivity (Wildman–Crippen MR) is 114 cm³/mol. The lowest BCUT2D eigenvalue weighted by atomic mass is 10.1. The molecule has 1 aromatic carbocycles. The summed E-state index contributed by atoms with van der Waals surface area (Å²) in [6, 6.07) is 12.5. The van der Waals surface area contributed by atoms with Gasteiger partial charge in [-0.3, -0.25) is 4.98 Å². The van der Waals surface area contributed by atoms with Crippen LogP contribution in [0.1, 0.15) is 37.1 Å². The standard InChI is InChI=1S/C23H32N2O2/c1-18(2)15-23(26)17-27-14-13-25(4)22-11-9-20(10-12-22)7-8-21-6-5-19(3)24-16-21/h5-12,16,18,23,26H,13-15,17H2,1-4H3/b8-7+. The molecule has 0 bridgehead atoms. The highest BCUT2D eigenvalue weighted by Crippen LogP contribution is 2.16. The summed E-state index contributed by atoms with van der Waals surface area (Å²) in [5.41, 5.74) is 4.42. The number of hydrogen-bond donors (Lipinski definition) is 1. The van der Waals surface area contributed by atoms with Crippen LogP contribution in [-0.2, 0) is 4.74 Å². The second-order valence-corrected chi connectivity index (χ2v) is 7.44. The number of rotatable bonds is 10. The smallest absolute Gasteiger partial charge is 0.0776 e. The SMILES string of the molecule is Cc1ccc(/C=C/c2ccc(N(C)CCOCC(O)CC(C)C)cc2)cn1. The number of aryl methyl sites for hydroxylation is 1. The highest BCUT2D eigenvalue weighted by molar-refractivity contribution is 5.70. The number of likely N-dealkylation sites (N-methyl/N-ethyl adjacent to an activating group) is 1. The molecule has 146 valence electrons. The summed E-state index contributed by atoms with van der Waals surface area (Å²) in [6.07, 6.45) is 6.46. The van der Waals surface area contributed by atoms with Crippen molar-refractivity contribution in [1.82, 2.24) is 4.98 Å². The molecule has 1 unspecified atom stereocenters. The molecule has 0 fully saturated rings. The molecule has 2 rings (SSSR count). The van der Waals surface area contributed by atoms with Crippen molar-refractivity contribution in [2.75, 3.05) is 31.7 Å². The van der Waals surface area contributed by atoms with Crippen molar-refractivity contribution in [3.8, 4) is 0 Å². The third kappa shape index (κ3) is 7.94. The number of ether oxygens (including phenoxy) is 1. The highest BCUT2D eigenvalue weighted by atomic mass is 16.5. The molecule has 0 saturated heterocycles. The molecular weight excluding hydrogens is 336 g/mol. The highest BCUT2D eigenvalue weighted by Gasteiger charge is 2.07. The van der Waals surface area contributed by atoms with Gasteiger partial charge in [-0.1, -0.05) is 44.2 Å². The Labute approximate surface area is 163 Å². The maximum absolute atomic E-state index is 9.83. The molecule has 1 atom stereocenters. The van der Waals surface area contributed by atoms with Gasteiger partial charge in [-0.15, -0.1) is 0 Å². The van der Waals surface area contributed by atoms with Crippen LogP contribution in [0.3, 0.4) is 0 Å². The van der Waals surface area contributed by atoms with Gasteiger partial charge in [0.15, 0.2) is 0 Å². The van der Waals surface area contributed by atoms with Crippen LogP contribution in [0, 0.1) is 12.8 Å². The number of pyridine rings is 1. The van der Waals surface area contributed by atoms with E-state index < -0.39 is 0 Å². The van der Waals surface area contributed by atoms with Gasteiger partial charge in [0.2, 0.25) is 0 Å². The van der Waals surface area contributed by atoms with E-state index in [2.05, 4.69) is 73.3 Å². The molecule has 0 saturated carbocycles. The van der Waals surface area contributed by atoms with Crippen LogP contribution in [0.5, 0.6) is 0 Å². The van der Waals surface area contributed by atoms with E-state index in [1.165, 1.54) is 0 Å². The first-order chi connectivity index (χ1) is 12.9. The van der Waals surface area contributed by atoms with Gasteiger partial charge >= 0.3 is 0 Å². The summed E-state index contributed by atoms with van der Waals surface area (Å²) in [4.78, 5) is 6.46. The lowest BCUT2D eigenvalue weighted by Gasteiger charge is -2.20. The number of aliphatic hydroxyl groups is 1. The Kier molecular flexibility index (Phi) is 8.49.